The van der Waals surface area contributed by atoms with Crippen LogP contribution < -0.4 is 10.6 Å². The predicted octanol–water partition coefficient (Wildman–Crippen LogP) is 0.674. The van der Waals surface area contributed by atoms with Crippen molar-refractivity contribution in [3.8, 4) is 0 Å². The molecule has 1 fully saturated rings. The number of anilines is 1. The number of hydrogen-bond donors (Lipinski definition) is 2. The number of carbonyl (C=O) groups excluding carboxylic acids is 1. The molecule has 3 atom stereocenters. The maximum atomic E-state index is 12.3. The molecular weight excluding hydrogens is 228 g/mol. The molecule has 18 heavy (non-hydrogen) atoms. The third kappa shape index (κ3) is 1.82. The van der Waals surface area contributed by atoms with Gasteiger partial charge < -0.3 is 15.7 Å². The number of carbonyl (C=O) groups is 1. The van der Waals surface area contributed by atoms with Crippen molar-refractivity contribution in [1.82, 2.24) is 0 Å². The molecule has 0 saturated heterocycles. The highest BCUT2D eigenvalue weighted by Gasteiger charge is 2.40. The second kappa shape index (κ2) is 4.37. The van der Waals surface area contributed by atoms with Gasteiger partial charge in [0.25, 0.3) is 0 Å². The SMILES string of the molecule is N[C@@H]1C[C@H](O)[C@H]1CC(=O)N1CCc2ccccc21. The van der Waals surface area contributed by atoms with Crippen molar-refractivity contribution < 1.29 is 9.90 Å². The number of fused-ring (bicyclic) bond motifs is 1. The van der Waals surface area contributed by atoms with E-state index in [4.69, 9.17) is 5.73 Å². The minimum atomic E-state index is -0.401. The number of rotatable bonds is 2. The molecule has 1 aliphatic carbocycles. The molecule has 2 aliphatic rings. The first-order chi connectivity index (χ1) is 8.66. The van der Waals surface area contributed by atoms with Crippen molar-refractivity contribution in [2.45, 2.75) is 31.4 Å². The van der Waals surface area contributed by atoms with E-state index in [1.165, 1.54) is 5.56 Å². The van der Waals surface area contributed by atoms with Crippen molar-refractivity contribution in [3.63, 3.8) is 0 Å². The van der Waals surface area contributed by atoms with Gasteiger partial charge in [0.2, 0.25) is 5.91 Å². The largest absolute Gasteiger partial charge is 0.393 e. The van der Waals surface area contributed by atoms with Crippen LogP contribution in [0.1, 0.15) is 18.4 Å². The number of nitrogens with zero attached hydrogens (tertiary/aromatic N) is 1. The Balaban J connectivity index is 1.71. The van der Waals surface area contributed by atoms with Gasteiger partial charge >= 0.3 is 0 Å². The number of hydrogen-bond acceptors (Lipinski definition) is 3. The summed E-state index contributed by atoms with van der Waals surface area (Å²) < 4.78 is 0. The Labute approximate surface area is 106 Å². The molecule has 1 aromatic carbocycles. The highest BCUT2D eigenvalue weighted by molar-refractivity contribution is 5.95. The lowest BCUT2D eigenvalue weighted by atomic mass is 9.75. The Morgan fingerprint density at radius 1 is 1.44 bits per heavy atom. The summed E-state index contributed by atoms with van der Waals surface area (Å²) in [6, 6.07) is 7.97. The lowest BCUT2D eigenvalue weighted by Crippen LogP contribution is -2.52. The molecule has 0 bridgehead atoms. The second-order valence-electron chi connectivity index (χ2n) is 5.26. The summed E-state index contributed by atoms with van der Waals surface area (Å²) in [6.45, 7) is 0.746. The fourth-order valence-electron chi connectivity index (χ4n) is 2.91. The summed E-state index contributed by atoms with van der Waals surface area (Å²) in [5.41, 5.74) is 8.07. The van der Waals surface area contributed by atoms with Gasteiger partial charge in [-0.3, -0.25) is 4.79 Å². The first-order valence-corrected chi connectivity index (χ1v) is 6.48. The average Bonchev–Trinajstić information content (AvgIpc) is 2.80. The van der Waals surface area contributed by atoms with E-state index < -0.39 is 6.10 Å². The molecule has 1 aliphatic heterocycles. The minimum Gasteiger partial charge on any atom is -0.393 e. The number of para-hydroxylation sites is 1. The Morgan fingerprint density at radius 3 is 2.94 bits per heavy atom. The maximum Gasteiger partial charge on any atom is 0.227 e. The van der Waals surface area contributed by atoms with E-state index in [9.17, 15) is 9.90 Å². The lowest BCUT2D eigenvalue weighted by molar-refractivity contribution is -0.122. The summed E-state index contributed by atoms with van der Waals surface area (Å²) in [5, 5.41) is 9.61. The van der Waals surface area contributed by atoms with Crippen molar-refractivity contribution in [3.05, 3.63) is 29.8 Å². The molecule has 3 rings (SSSR count). The zero-order chi connectivity index (χ0) is 12.7. The van der Waals surface area contributed by atoms with Gasteiger partial charge in [-0.05, 0) is 24.5 Å². The topological polar surface area (TPSA) is 66.6 Å². The molecule has 4 nitrogen and oxygen atoms in total. The van der Waals surface area contributed by atoms with Crippen LogP contribution in [0.4, 0.5) is 5.69 Å². The smallest absolute Gasteiger partial charge is 0.227 e. The Kier molecular flexibility index (Phi) is 2.84. The lowest BCUT2D eigenvalue weighted by Gasteiger charge is -2.39. The van der Waals surface area contributed by atoms with E-state index in [0.717, 1.165) is 18.7 Å². The number of benzene rings is 1. The Hall–Kier alpha value is -1.39. The van der Waals surface area contributed by atoms with Crippen LogP contribution in [-0.2, 0) is 11.2 Å². The molecule has 1 heterocycles. The molecule has 3 N–H and O–H groups in total. The van der Waals surface area contributed by atoms with E-state index in [2.05, 4.69) is 6.07 Å². The third-order valence-electron chi connectivity index (χ3n) is 4.16. The molecule has 1 aromatic rings. The van der Waals surface area contributed by atoms with E-state index >= 15 is 0 Å². The molecule has 0 unspecified atom stereocenters. The van der Waals surface area contributed by atoms with Crippen LogP contribution in [0.5, 0.6) is 0 Å². The molecule has 1 amide bonds. The van der Waals surface area contributed by atoms with Crippen molar-refractivity contribution in [2.24, 2.45) is 11.7 Å². The van der Waals surface area contributed by atoms with Gasteiger partial charge in [0.15, 0.2) is 0 Å². The van der Waals surface area contributed by atoms with E-state index in [-0.39, 0.29) is 17.9 Å². The number of nitrogens with two attached hydrogens (primary N) is 1. The van der Waals surface area contributed by atoms with Gasteiger partial charge in [-0.1, -0.05) is 18.2 Å². The van der Waals surface area contributed by atoms with E-state index in [0.29, 0.717) is 12.8 Å². The van der Waals surface area contributed by atoms with Crippen molar-refractivity contribution in [2.75, 3.05) is 11.4 Å². The van der Waals surface area contributed by atoms with Gasteiger partial charge in [0.1, 0.15) is 0 Å². The van der Waals surface area contributed by atoms with Gasteiger partial charge in [0, 0.05) is 30.6 Å². The Bertz CT molecular complexity index is 467. The molecular formula is C14H18N2O2. The summed E-state index contributed by atoms with van der Waals surface area (Å²) in [4.78, 5) is 14.1. The van der Waals surface area contributed by atoms with Gasteiger partial charge in [0.05, 0.1) is 6.10 Å². The van der Waals surface area contributed by atoms with Crippen LogP contribution in [0.2, 0.25) is 0 Å². The van der Waals surface area contributed by atoms with Crippen molar-refractivity contribution in [1.29, 1.82) is 0 Å². The minimum absolute atomic E-state index is 0.0261. The van der Waals surface area contributed by atoms with Crippen LogP contribution >= 0.6 is 0 Å². The first kappa shape index (κ1) is 11.7. The quantitative estimate of drug-likeness (QED) is 0.806. The Morgan fingerprint density at radius 2 is 2.22 bits per heavy atom. The fourth-order valence-corrected chi connectivity index (χ4v) is 2.91. The maximum absolute atomic E-state index is 12.3. The van der Waals surface area contributed by atoms with Crippen LogP contribution in [0.15, 0.2) is 24.3 Å². The van der Waals surface area contributed by atoms with Crippen LogP contribution in [0.3, 0.4) is 0 Å². The number of aliphatic hydroxyl groups is 1. The predicted molar refractivity (Wildman–Crippen MR) is 69.2 cm³/mol. The highest BCUT2D eigenvalue weighted by Crippen LogP contribution is 2.33. The number of amides is 1. The standard InChI is InChI=1S/C14H18N2O2/c15-11-8-13(17)10(11)7-14(18)16-6-5-9-3-1-2-4-12(9)16/h1-4,10-11,13,17H,5-8,15H2/t10-,11+,13-/m0/s1. The zero-order valence-corrected chi connectivity index (χ0v) is 10.2. The van der Waals surface area contributed by atoms with Crippen LogP contribution in [-0.4, -0.2) is 29.7 Å². The molecule has 96 valence electrons. The van der Waals surface area contributed by atoms with E-state index in [1.807, 2.05) is 23.1 Å². The normalized spacial score (nSPS) is 29.9. The molecule has 0 spiro atoms. The molecule has 0 radical (unpaired) electrons. The summed E-state index contributed by atoms with van der Waals surface area (Å²) in [7, 11) is 0. The summed E-state index contributed by atoms with van der Waals surface area (Å²) in [6.07, 6.45) is 1.49. The third-order valence-corrected chi connectivity index (χ3v) is 4.16. The molecule has 4 heteroatoms. The summed E-state index contributed by atoms with van der Waals surface area (Å²) >= 11 is 0. The van der Waals surface area contributed by atoms with Gasteiger partial charge in [-0.15, -0.1) is 0 Å². The van der Waals surface area contributed by atoms with Crippen LogP contribution in [0, 0.1) is 5.92 Å². The highest BCUT2D eigenvalue weighted by atomic mass is 16.3. The zero-order valence-electron chi connectivity index (χ0n) is 10.2. The average molecular weight is 246 g/mol. The van der Waals surface area contributed by atoms with E-state index in [1.54, 1.807) is 0 Å². The van der Waals surface area contributed by atoms with Crippen molar-refractivity contribution >= 4 is 11.6 Å². The molecule has 0 aromatic heterocycles. The first-order valence-electron chi connectivity index (χ1n) is 6.48. The van der Waals surface area contributed by atoms with Gasteiger partial charge in [-0.25, -0.2) is 0 Å². The number of aliphatic hydroxyl groups excluding tert-OH is 1. The monoisotopic (exact) mass is 246 g/mol. The van der Waals surface area contributed by atoms with Gasteiger partial charge in [-0.2, -0.15) is 0 Å². The second-order valence-corrected chi connectivity index (χ2v) is 5.26. The fraction of sp³-hybridized carbons (Fsp3) is 0.500. The van der Waals surface area contributed by atoms with Crippen LogP contribution in [0.25, 0.3) is 0 Å². The molecule has 1 saturated carbocycles. The summed E-state index contributed by atoms with van der Waals surface area (Å²) in [5.74, 6) is 0.0180.